The molecule has 0 aliphatic heterocycles. The van der Waals surface area contributed by atoms with Crippen LogP contribution in [0.2, 0.25) is 0 Å². The molecule has 0 bridgehead atoms. The Bertz CT molecular complexity index is 897. The van der Waals surface area contributed by atoms with Crippen molar-refractivity contribution in [3.63, 3.8) is 0 Å². The fraction of sp³-hybridized carbons (Fsp3) is 0.211. The minimum absolute atomic E-state index is 0.0492. The van der Waals surface area contributed by atoms with Crippen LogP contribution in [0.15, 0.2) is 48.5 Å². The molecular formula is C19H20N4O4S. The van der Waals surface area contributed by atoms with Crippen LogP contribution in [0.3, 0.4) is 0 Å². The van der Waals surface area contributed by atoms with E-state index in [2.05, 4.69) is 16.0 Å². The lowest BCUT2D eigenvalue weighted by Crippen LogP contribution is -2.34. The summed E-state index contributed by atoms with van der Waals surface area (Å²) < 4.78 is 0. The summed E-state index contributed by atoms with van der Waals surface area (Å²) in [6, 6.07) is 12.2. The molecule has 0 heterocycles. The highest BCUT2D eigenvalue weighted by atomic mass is 32.1. The van der Waals surface area contributed by atoms with Gasteiger partial charge in [0.15, 0.2) is 5.11 Å². The number of nitrogens with one attached hydrogen (secondary N) is 3. The van der Waals surface area contributed by atoms with Crippen molar-refractivity contribution in [2.75, 3.05) is 10.6 Å². The lowest BCUT2D eigenvalue weighted by Gasteiger charge is -2.11. The topological polar surface area (TPSA) is 113 Å². The Morgan fingerprint density at radius 1 is 1.07 bits per heavy atom. The number of rotatable bonds is 6. The van der Waals surface area contributed by atoms with Gasteiger partial charge in [0.1, 0.15) is 0 Å². The van der Waals surface area contributed by atoms with Crippen LogP contribution in [-0.4, -0.2) is 21.9 Å². The molecule has 0 aliphatic carbocycles. The summed E-state index contributed by atoms with van der Waals surface area (Å²) >= 11 is 5.10. The minimum atomic E-state index is -0.575. The van der Waals surface area contributed by atoms with Crippen LogP contribution in [0.4, 0.5) is 17.1 Å². The van der Waals surface area contributed by atoms with E-state index in [1.54, 1.807) is 24.3 Å². The monoisotopic (exact) mass is 400 g/mol. The van der Waals surface area contributed by atoms with E-state index in [-0.39, 0.29) is 28.2 Å². The van der Waals surface area contributed by atoms with Crippen molar-refractivity contribution < 1.29 is 14.5 Å². The van der Waals surface area contributed by atoms with Crippen LogP contribution in [0, 0.1) is 16.0 Å². The molecule has 8 nitrogen and oxygen atoms in total. The van der Waals surface area contributed by atoms with Gasteiger partial charge in [-0.15, -0.1) is 0 Å². The highest BCUT2D eigenvalue weighted by molar-refractivity contribution is 7.80. The first kappa shape index (κ1) is 21.0. The number of carbonyl (C=O) groups excluding carboxylic acids is 2. The lowest BCUT2D eigenvalue weighted by atomic mass is 10.1. The van der Waals surface area contributed by atoms with E-state index in [0.29, 0.717) is 17.8 Å². The van der Waals surface area contributed by atoms with Crippen molar-refractivity contribution in [2.45, 2.75) is 20.3 Å². The van der Waals surface area contributed by atoms with Gasteiger partial charge in [-0.1, -0.05) is 19.9 Å². The van der Waals surface area contributed by atoms with Crippen LogP contribution < -0.4 is 16.0 Å². The van der Waals surface area contributed by atoms with Gasteiger partial charge in [0, 0.05) is 35.5 Å². The molecule has 0 aliphatic rings. The molecule has 0 saturated heterocycles. The number of nitrogens with zero attached hydrogens (tertiary/aromatic N) is 1. The van der Waals surface area contributed by atoms with Gasteiger partial charge in [-0.2, -0.15) is 0 Å². The number of nitro groups is 1. The van der Waals surface area contributed by atoms with Gasteiger partial charge in [-0.05, 0) is 48.5 Å². The van der Waals surface area contributed by atoms with Crippen LogP contribution in [0.25, 0.3) is 0 Å². The van der Waals surface area contributed by atoms with Crippen LogP contribution in [-0.2, 0) is 4.79 Å². The van der Waals surface area contributed by atoms with E-state index in [1.807, 2.05) is 13.8 Å². The van der Waals surface area contributed by atoms with Crippen molar-refractivity contribution in [3.05, 3.63) is 64.2 Å². The maximum atomic E-state index is 12.2. The molecule has 0 radical (unpaired) electrons. The molecule has 0 saturated carbocycles. The van der Waals surface area contributed by atoms with Crippen molar-refractivity contribution in [1.82, 2.24) is 5.32 Å². The Morgan fingerprint density at radius 2 is 1.68 bits per heavy atom. The summed E-state index contributed by atoms with van der Waals surface area (Å²) in [5.74, 6) is -0.345. The molecular weight excluding hydrogens is 380 g/mol. The predicted molar refractivity (Wildman–Crippen MR) is 111 cm³/mol. The van der Waals surface area contributed by atoms with E-state index in [1.165, 1.54) is 24.3 Å². The third-order valence-electron chi connectivity index (χ3n) is 3.57. The van der Waals surface area contributed by atoms with Crippen LogP contribution in [0.1, 0.15) is 30.6 Å². The molecule has 0 unspecified atom stereocenters. The summed E-state index contributed by atoms with van der Waals surface area (Å²) in [6.07, 6.45) is 0.438. The Balaban J connectivity index is 1.92. The number of amides is 2. The van der Waals surface area contributed by atoms with E-state index in [0.717, 1.165) is 0 Å². The summed E-state index contributed by atoms with van der Waals surface area (Å²) in [4.78, 5) is 34.2. The van der Waals surface area contributed by atoms with Crippen LogP contribution >= 0.6 is 12.2 Å². The summed E-state index contributed by atoms with van der Waals surface area (Å²) in [5.41, 5.74) is 1.22. The Labute approximate surface area is 167 Å². The van der Waals surface area contributed by atoms with Gasteiger partial charge in [0.05, 0.1) is 4.92 Å². The zero-order valence-corrected chi connectivity index (χ0v) is 16.2. The van der Waals surface area contributed by atoms with E-state index in [9.17, 15) is 19.7 Å². The van der Waals surface area contributed by atoms with E-state index in [4.69, 9.17) is 12.2 Å². The fourth-order valence-electron chi connectivity index (χ4n) is 2.32. The third kappa shape index (κ3) is 6.44. The molecule has 0 aromatic heterocycles. The molecule has 2 amide bonds. The molecule has 2 aromatic carbocycles. The molecule has 3 N–H and O–H groups in total. The summed E-state index contributed by atoms with van der Waals surface area (Å²) in [5, 5.41) is 19.0. The maximum absolute atomic E-state index is 12.2. The Hall–Kier alpha value is -3.33. The summed E-state index contributed by atoms with van der Waals surface area (Å²) in [7, 11) is 0. The van der Waals surface area contributed by atoms with Gasteiger partial charge in [0.25, 0.3) is 11.6 Å². The average Bonchev–Trinajstić information content (AvgIpc) is 2.62. The van der Waals surface area contributed by atoms with Gasteiger partial charge >= 0.3 is 0 Å². The first-order valence-corrected chi connectivity index (χ1v) is 8.92. The number of carbonyl (C=O) groups is 2. The molecule has 0 spiro atoms. The predicted octanol–water partition coefficient (Wildman–Crippen LogP) is 3.71. The zero-order chi connectivity index (χ0) is 20.7. The van der Waals surface area contributed by atoms with Crippen molar-refractivity contribution in [3.8, 4) is 0 Å². The molecule has 28 heavy (non-hydrogen) atoms. The quantitative estimate of drug-likeness (QED) is 0.387. The first-order valence-electron chi connectivity index (χ1n) is 8.51. The number of hydrogen-bond acceptors (Lipinski definition) is 5. The van der Waals surface area contributed by atoms with E-state index < -0.39 is 10.8 Å². The second kappa shape index (κ2) is 9.56. The molecule has 2 rings (SSSR count). The smallest absolute Gasteiger partial charge is 0.270 e. The maximum Gasteiger partial charge on any atom is 0.270 e. The van der Waals surface area contributed by atoms with Crippen molar-refractivity contribution in [2.24, 2.45) is 5.92 Å². The van der Waals surface area contributed by atoms with Crippen molar-refractivity contribution in [1.29, 1.82) is 0 Å². The van der Waals surface area contributed by atoms with Crippen molar-refractivity contribution >= 4 is 46.2 Å². The largest absolute Gasteiger partial charge is 0.332 e. The second-order valence-corrected chi connectivity index (χ2v) is 6.85. The number of anilines is 2. The highest BCUT2D eigenvalue weighted by Gasteiger charge is 2.13. The van der Waals surface area contributed by atoms with Gasteiger partial charge in [-0.3, -0.25) is 25.0 Å². The van der Waals surface area contributed by atoms with Gasteiger partial charge < -0.3 is 10.6 Å². The molecule has 0 fully saturated rings. The Morgan fingerprint density at radius 3 is 2.25 bits per heavy atom. The molecule has 0 atom stereocenters. The molecule has 146 valence electrons. The lowest BCUT2D eigenvalue weighted by molar-refractivity contribution is -0.384. The van der Waals surface area contributed by atoms with E-state index >= 15 is 0 Å². The number of benzene rings is 2. The highest BCUT2D eigenvalue weighted by Crippen LogP contribution is 2.15. The van der Waals surface area contributed by atoms with Crippen LogP contribution in [0.5, 0.6) is 0 Å². The zero-order valence-electron chi connectivity index (χ0n) is 15.4. The first-order chi connectivity index (χ1) is 13.2. The fourth-order valence-corrected chi connectivity index (χ4v) is 2.53. The van der Waals surface area contributed by atoms with Gasteiger partial charge in [-0.25, -0.2) is 0 Å². The second-order valence-electron chi connectivity index (χ2n) is 6.44. The number of nitro benzene ring substituents is 1. The molecule has 9 heteroatoms. The SMILES string of the molecule is CC(C)CC(=O)Nc1ccc(NC(=S)NC(=O)c2cccc([N+](=O)[O-])c2)cc1. The summed E-state index contributed by atoms with van der Waals surface area (Å²) in [6.45, 7) is 3.94. The third-order valence-corrected chi connectivity index (χ3v) is 3.77. The molecule has 2 aromatic rings. The van der Waals surface area contributed by atoms with Gasteiger partial charge in [0.2, 0.25) is 5.91 Å². The number of non-ortho nitro benzene ring substituents is 1. The average molecular weight is 400 g/mol. The Kier molecular flexibility index (Phi) is 7.16. The minimum Gasteiger partial charge on any atom is -0.332 e. The number of thiocarbonyl (C=S) groups is 1. The normalized spacial score (nSPS) is 10.2. The number of hydrogen-bond donors (Lipinski definition) is 3. The standard InChI is InChI=1S/C19H20N4O4S/c1-12(2)10-17(24)20-14-6-8-15(9-7-14)21-19(28)22-18(25)13-4-3-5-16(11-13)23(26)27/h3-9,11-12H,10H2,1-2H3,(H,20,24)(H2,21,22,25,28).